The van der Waals surface area contributed by atoms with Crippen LogP contribution in [0.4, 0.5) is 10.5 Å². The Morgan fingerprint density at radius 3 is 2.80 bits per heavy atom. The van der Waals surface area contributed by atoms with Crippen LogP contribution >= 0.6 is 11.6 Å². The van der Waals surface area contributed by atoms with E-state index in [-0.39, 0.29) is 23.6 Å². The molecule has 0 unspecified atom stereocenters. The normalized spacial score (nSPS) is 16.9. The third kappa shape index (κ3) is 5.33. The molecule has 1 heterocycles. The summed E-state index contributed by atoms with van der Waals surface area (Å²) in [5.41, 5.74) is 0.653. The minimum Gasteiger partial charge on any atom is -0.465 e. The first-order valence-corrected chi connectivity index (χ1v) is 8.08. The van der Waals surface area contributed by atoms with Gasteiger partial charge in [0.15, 0.2) is 0 Å². The van der Waals surface area contributed by atoms with Gasteiger partial charge in [0.2, 0.25) is 5.91 Å². The fourth-order valence-electron chi connectivity index (χ4n) is 2.36. The zero-order valence-electron chi connectivity index (χ0n) is 14.0. The average molecular weight is 370 g/mol. The van der Waals surface area contributed by atoms with Crippen molar-refractivity contribution in [2.75, 3.05) is 38.7 Å². The number of urea groups is 1. The van der Waals surface area contributed by atoms with Gasteiger partial charge in [-0.15, -0.1) is 0 Å². The second kappa shape index (κ2) is 8.68. The van der Waals surface area contributed by atoms with Crippen LogP contribution in [0.5, 0.6) is 0 Å². The molecule has 3 amide bonds. The molecule has 136 valence electrons. The molecule has 0 saturated carbocycles. The average Bonchev–Trinajstić information content (AvgIpc) is 2.61. The van der Waals surface area contributed by atoms with Crippen molar-refractivity contribution < 1.29 is 23.9 Å². The number of anilines is 1. The topological polar surface area (TPSA) is 97.0 Å². The van der Waals surface area contributed by atoms with Crippen molar-refractivity contribution in [3.05, 3.63) is 28.8 Å². The maximum Gasteiger partial charge on any atom is 0.337 e. The summed E-state index contributed by atoms with van der Waals surface area (Å²) in [6, 6.07) is 3.97. The molecule has 2 N–H and O–H groups in total. The highest BCUT2D eigenvalue weighted by molar-refractivity contribution is 6.34. The minimum absolute atomic E-state index is 0.0183. The van der Waals surface area contributed by atoms with E-state index in [9.17, 15) is 14.4 Å². The van der Waals surface area contributed by atoms with Crippen molar-refractivity contribution in [3.63, 3.8) is 0 Å². The molecule has 25 heavy (non-hydrogen) atoms. The monoisotopic (exact) mass is 369 g/mol. The molecule has 1 aliphatic heterocycles. The lowest BCUT2D eigenvalue weighted by molar-refractivity contribution is -0.136. The first kappa shape index (κ1) is 19.0. The number of hydrogen-bond donors (Lipinski definition) is 2. The van der Waals surface area contributed by atoms with Crippen molar-refractivity contribution in [2.24, 2.45) is 0 Å². The molecule has 1 aliphatic rings. The summed E-state index contributed by atoms with van der Waals surface area (Å²) in [4.78, 5) is 36.5. The molecule has 0 aliphatic carbocycles. The number of rotatable bonds is 4. The molecule has 0 aromatic heterocycles. The van der Waals surface area contributed by atoms with E-state index in [4.69, 9.17) is 16.3 Å². The summed E-state index contributed by atoms with van der Waals surface area (Å²) in [6.45, 7) is 3.19. The van der Waals surface area contributed by atoms with Crippen LogP contribution in [-0.4, -0.2) is 62.3 Å². The van der Waals surface area contributed by atoms with Gasteiger partial charge in [0.25, 0.3) is 0 Å². The van der Waals surface area contributed by atoms with Crippen molar-refractivity contribution in [3.8, 4) is 0 Å². The van der Waals surface area contributed by atoms with E-state index < -0.39 is 12.0 Å². The highest BCUT2D eigenvalue weighted by Crippen LogP contribution is 2.23. The standard InChI is InChI=1S/C16H20ClN3O5/c1-10(21)20-5-6-25-12(9-20)8-18-16(23)19-14-4-3-11(7-13(14)17)15(22)24-2/h3-4,7,12H,5-6,8-9H2,1-2H3,(H2,18,19,23)/t12-/m0/s1. The van der Waals surface area contributed by atoms with Crippen LogP contribution < -0.4 is 10.6 Å². The number of nitrogens with zero attached hydrogens (tertiary/aromatic N) is 1. The molecule has 0 radical (unpaired) electrons. The van der Waals surface area contributed by atoms with Crippen LogP contribution in [0.15, 0.2) is 18.2 Å². The summed E-state index contributed by atoms with van der Waals surface area (Å²) in [5, 5.41) is 5.49. The highest BCUT2D eigenvalue weighted by atomic mass is 35.5. The van der Waals surface area contributed by atoms with Gasteiger partial charge in [-0.1, -0.05) is 11.6 Å². The van der Waals surface area contributed by atoms with E-state index in [1.807, 2.05) is 0 Å². The first-order chi connectivity index (χ1) is 11.9. The number of halogens is 1. The van der Waals surface area contributed by atoms with Crippen LogP contribution in [0.2, 0.25) is 5.02 Å². The number of amides is 3. The fraction of sp³-hybridized carbons (Fsp3) is 0.438. The highest BCUT2D eigenvalue weighted by Gasteiger charge is 2.22. The van der Waals surface area contributed by atoms with Crippen molar-refractivity contribution >= 4 is 35.2 Å². The maximum absolute atomic E-state index is 12.0. The molecule has 9 heteroatoms. The number of nitrogens with one attached hydrogen (secondary N) is 2. The first-order valence-electron chi connectivity index (χ1n) is 7.70. The van der Waals surface area contributed by atoms with Crippen molar-refractivity contribution in [2.45, 2.75) is 13.0 Å². The van der Waals surface area contributed by atoms with E-state index in [1.165, 1.54) is 32.2 Å². The number of carbonyl (C=O) groups excluding carboxylic acids is 3. The van der Waals surface area contributed by atoms with E-state index in [2.05, 4.69) is 15.4 Å². The lowest BCUT2D eigenvalue weighted by atomic mass is 10.2. The van der Waals surface area contributed by atoms with Crippen LogP contribution in [0.25, 0.3) is 0 Å². The molecule has 1 fully saturated rings. The summed E-state index contributed by atoms with van der Waals surface area (Å²) in [5.74, 6) is -0.530. The second-order valence-corrected chi connectivity index (χ2v) is 5.89. The Morgan fingerprint density at radius 1 is 1.40 bits per heavy atom. The zero-order valence-corrected chi connectivity index (χ0v) is 14.8. The Morgan fingerprint density at radius 2 is 2.16 bits per heavy atom. The molecule has 1 atom stereocenters. The zero-order chi connectivity index (χ0) is 18.4. The Balaban J connectivity index is 1.86. The number of morpholine rings is 1. The quantitative estimate of drug-likeness (QED) is 0.784. The summed E-state index contributed by atoms with van der Waals surface area (Å²) >= 11 is 6.06. The molecular formula is C16H20ClN3O5. The summed E-state index contributed by atoms with van der Waals surface area (Å²) in [6.07, 6.45) is -0.263. The van der Waals surface area contributed by atoms with Crippen LogP contribution in [0.3, 0.4) is 0 Å². The third-order valence-electron chi connectivity index (χ3n) is 3.71. The number of ether oxygens (including phenoxy) is 2. The Hall–Kier alpha value is -2.32. The maximum atomic E-state index is 12.0. The van der Waals surface area contributed by atoms with E-state index >= 15 is 0 Å². The smallest absolute Gasteiger partial charge is 0.337 e. The van der Waals surface area contributed by atoms with Gasteiger partial charge in [-0.05, 0) is 18.2 Å². The minimum atomic E-state index is -0.512. The number of esters is 1. The largest absolute Gasteiger partial charge is 0.465 e. The summed E-state index contributed by atoms with van der Waals surface area (Å²) < 4.78 is 10.1. The molecule has 0 bridgehead atoms. The number of benzene rings is 1. The third-order valence-corrected chi connectivity index (χ3v) is 4.03. The van der Waals surface area contributed by atoms with E-state index in [0.717, 1.165) is 0 Å². The second-order valence-electron chi connectivity index (χ2n) is 5.48. The van der Waals surface area contributed by atoms with Crippen LogP contribution in [0.1, 0.15) is 17.3 Å². The molecule has 8 nitrogen and oxygen atoms in total. The molecule has 2 rings (SSSR count). The summed E-state index contributed by atoms with van der Waals surface area (Å²) in [7, 11) is 1.27. The molecule has 1 aromatic rings. The molecule has 0 spiro atoms. The molecular weight excluding hydrogens is 350 g/mol. The predicted octanol–water partition coefficient (Wildman–Crippen LogP) is 1.50. The number of carbonyl (C=O) groups is 3. The fourth-order valence-corrected chi connectivity index (χ4v) is 2.59. The van der Waals surface area contributed by atoms with Crippen LogP contribution in [0, 0.1) is 0 Å². The predicted molar refractivity (Wildman–Crippen MR) is 91.8 cm³/mol. The van der Waals surface area contributed by atoms with Gasteiger partial charge in [-0.2, -0.15) is 0 Å². The Bertz CT molecular complexity index is 667. The number of methoxy groups -OCH3 is 1. The van der Waals surface area contributed by atoms with E-state index in [0.29, 0.717) is 30.9 Å². The number of hydrogen-bond acceptors (Lipinski definition) is 5. The lowest BCUT2D eigenvalue weighted by Gasteiger charge is -2.32. The van der Waals surface area contributed by atoms with Gasteiger partial charge in [0.05, 0.1) is 36.1 Å². The van der Waals surface area contributed by atoms with Gasteiger partial charge in [-0.25, -0.2) is 9.59 Å². The van der Waals surface area contributed by atoms with Gasteiger partial charge in [-0.3, -0.25) is 4.79 Å². The SMILES string of the molecule is COC(=O)c1ccc(NC(=O)NC[C@H]2CN(C(C)=O)CCO2)c(Cl)c1. The molecule has 1 aromatic carbocycles. The molecule has 1 saturated heterocycles. The van der Waals surface area contributed by atoms with Crippen molar-refractivity contribution in [1.82, 2.24) is 10.2 Å². The van der Waals surface area contributed by atoms with Gasteiger partial charge >= 0.3 is 12.0 Å². The Labute approximate surface area is 150 Å². The van der Waals surface area contributed by atoms with E-state index in [1.54, 1.807) is 4.90 Å². The lowest BCUT2D eigenvalue weighted by Crippen LogP contribution is -2.49. The van der Waals surface area contributed by atoms with Crippen LogP contribution in [-0.2, 0) is 14.3 Å². The van der Waals surface area contributed by atoms with Crippen molar-refractivity contribution in [1.29, 1.82) is 0 Å². The Kier molecular flexibility index (Phi) is 6.60. The van der Waals surface area contributed by atoms with Gasteiger partial charge < -0.3 is 25.0 Å². The van der Waals surface area contributed by atoms with Gasteiger partial charge in [0.1, 0.15) is 0 Å². The van der Waals surface area contributed by atoms with Gasteiger partial charge in [0, 0.05) is 26.6 Å².